The highest BCUT2D eigenvalue weighted by molar-refractivity contribution is 5.90. The Bertz CT molecular complexity index is 887. The van der Waals surface area contributed by atoms with E-state index in [-0.39, 0.29) is 11.7 Å². The molecule has 6 heteroatoms. The van der Waals surface area contributed by atoms with E-state index < -0.39 is 0 Å². The van der Waals surface area contributed by atoms with Gasteiger partial charge < -0.3 is 5.32 Å². The van der Waals surface area contributed by atoms with E-state index in [9.17, 15) is 9.18 Å². The molecule has 2 heterocycles. The number of hydrogen-bond donors (Lipinski definition) is 1. The van der Waals surface area contributed by atoms with Crippen molar-refractivity contribution in [3.05, 3.63) is 54.6 Å². The Morgan fingerprint density at radius 1 is 1.16 bits per heavy atom. The van der Waals surface area contributed by atoms with Gasteiger partial charge in [-0.3, -0.25) is 9.48 Å². The molecule has 2 aromatic heterocycles. The number of pyridine rings is 1. The number of aromatic nitrogens is 3. The molecular weight excluding hydrogens is 319 g/mol. The summed E-state index contributed by atoms with van der Waals surface area (Å²) in [5, 5.41) is 7.36. The van der Waals surface area contributed by atoms with Crippen LogP contribution < -0.4 is 5.32 Å². The van der Waals surface area contributed by atoms with Crippen molar-refractivity contribution in [3.63, 3.8) is 0 Å². The average molecular weight is 338 g/mol. The number of benzene rings is 1. The zero-order valence-corrected chi connectivity index (χ0v) is 14.2. The molecular formula is C19H19FN4O. The standard InChI is InChI=1S/C19H19FN4O/c1-3-18(25)22-17-11-14(9-10-21-17)16-12-24(4-2)23-19(16)13-5-7-15(20)8-6-13/h5-12H,3-4H2,1-2H3,(H,21,22,25). The third kappa shape index (κ3) is 3.74. The van der Waals surface area contributed by atoms with Crippen molar-refractivity contribution in [1.29, 1.82) is 0 Å². The Kier molecular flexibility index (Phi) is 4.88. The van der Waals surface area contributed by atoms with E-state index in [0.717, 1.165) is 28.9 Å². The fourth-order valence-corrected chi connectivity index (χ4v) is 2.51. The molecule has 0 atom stereocenters. The Morgan fingerprint density at radius 2 is 1.92 bits per heavy atom. The number of nitrogens with one attached hydrogen (secondary N) is 1. The van der Waals surface area contributed by atoms with Gasteiger partial charge in [-0.15, -0.1) is 0 Å². The molecule has 1 aromatic carbocycles. The lowest BCUT2D eigenvalue weighted by atomic mass is 10.0. The molecule has 25 heavy (non-hydrogen) atoms. The lowest BCUT2D eigenvalue weighted by Gasteiger charge is -2.06. The molecule has 3 rings (SSSR count). The van der Waals surface area contributed by atoms with Crippen molar-refractivity contribution >= 4 is 11.7 Å². The van der Waals surface area contributed by atoms with Gasteiger partial charge in [-0.25, -0.2) is 9.37 Å². The van der Waals surface area contributed by atoms with Crippen molar-refractivity contribution in [1.82, 2.24) is 14.8 Å². The molecule has 3 aromatic rings. The molecule has 0 bridgehead atoms. The molecule has 0 fully saturated rings. The minimum Gasteiger partial charge on any atom is -0.311 e. The fraction of sp³-hybridized carbons (Fsp3) is 0.211. The van der Waals surface area contributed by atoms with Crippen LogP contribution in [0.5, 0.6) is 0 Å². The molecule has 0 saturated carbocycles. The van der Waals surface area contributed by atoms with Crippen LogP contribution in [0.2, 0.25) is 0 Å². The fourth-order valence-electron chi connectivity index (χ4n) is 2.51. The number of hydrogen-bond acceptors (Lipinski definition) is 3. The summed E-state index contributed by atoms with van der Waals surface area (Å²) in [7, 11) is 0. The molecule has 128 valence electrons. The monoisotopic (exact) mass is 338 g/mol. The van der Waals surface area contributed by atoms with Crippen molar-refractivity contribution in [2.75, 3.05) is 5.32 Å². The SMILES string of the molecule is CCC(=O)Nc1cc(-c2cn(CC)nc2-c2ccc(F)cc2)ccn1. The van der Waals surface area contributed by atoms with Gasteiger partial charge in [0, 0.05) is 36.5 Å². The van der Waals surface area contributed by atoms with Crippen LogP contribution in [0.1, 0.15) is 20.3 Å². The Morgan fingerprint density at radius 3 is 2.60 bits per heavy atom. The summed E-state index contributed by atoms with van der Waals surface area (Å²) in [6.07, 6.45) is 3.98. The topological polar surface area (TPSA) is 59.8 Å². The molecule has 0 aliphatic rings. The number of aryl methyl sites for hydroxylation is 1. The second kappa shape index (κ2) is 7.25. The molecule has 0 saturated heterocycles. The maximum atomic E-state index is 13.2. The first-order chi connectivity index (χ1) is 12.1. The molecule has 0 unspecified atom stereocenters. The van der Waals surface area contributed by atoms with Gasteiger partial charge >= 0.3 is 0 Å². The van der Waals surface area contributed by atoms with Gasteiger partial charge in [-0.2, -0.15) is 5.10 Å². The molecule has 0 aliphatic heterocycles. The number of rotatable bonds is 5. The molecule has 0 spiro atoms. The summed E-state index contributed by atoms with van der Waals surface area (Å²) in [5.74, 6) is 0.125. The molecule has 1 amide bonds. The second-order valence-corrected chi connectivity index (χ2v) is 5.59. The summed E-state index contributed by atoms with van der Waals surface area (Å²) in [5.41, 5.74) is 3.39. The van der Waals surface area contributed by atoms with E-state index in [0.29, 0.717) is 12.2 Å². The summed E-state index contributed by atoms with van der Waals surface area (Å²) in [4.78, 5) is 15.8. The first-order valence-electron chi connectivity index (χ1n) is 8.20. The molecule has 0 radical (unpaired) electrons. The van der Waals surface area contributed by atoms with Gasteiger partial charge in [0.2, 0.25) is 5.91 Å². The largest absolute Gasteiger partial charge is 0.311 e. The van der Waals surface area contributed by atoms with Crippen LogP contribution in [0.25, 0.3) is 22.4 Å². The zero-order chi connectivity index (χ0) is 17.8. The van der Waals surface area contributed by atoms with Crippen LogP contribution in [0.3, 0.4) is 0 Å². The Hall–Kier alpha value is -3.02. The second-order valence-electron chi connectivity index (χ2n) is 5.59. The number of carbonyl (C=O) groups excluding carboxylic acids is 1. The Balaban J connectivity index is 2.05. The van der Waals surface area contributed by atoms with Gasteiger partial charge in [0.25, 0.3) is 0 Å². The van der Waals surface area contributed by atoms with Gasteiger partial charge in [0.1, 0.15) is 17.3 Å². The quantitative estimate of drug-likeness (QED) is 0.761. The van der Waals surface area contributed by atoms with Crippen LogP contribution in [0.4, 0.5) is 10.2 Å². The van der Waals surface area contributed by atoms with Crippen molar-refractivity contribution in [2.24, 2.45) is 0 Å². The van der Waals surface area contributed by atoms with Crippen molar-refractivity contribution < 1.29 is 9.18 Å². The predicted molar refractivity (Wildman–Crippen MR) is 95.4 cm³/mol. The lowest BCUT2D eigenvalue weighted by Crippen LogP contribution is -2.10. The maximum absolute atomic E-state index is 13.2. The summed E-state index contributed by atoms with van der Waals surface area (Å²) in [6, 6.07) is 9.94. The highest BCUT2D eigenvalue weighted by Gasteiger charge is 2.14. The summed E-state index contributed by atoms with van der Waals surface area (Å²) >= 11 is 0. The van der Waals surface area contributed by atoms with Crippen LogP contribution in [-0.2, 0) is 11.3 Å². The van der Waals surface area contributed by atoms with Crippen LogP contribution in [-0.4, -0.2) is 20.7 Å². The molecule has 1 N–H and O–H groups in total. The van der Waals surface area contributed by atoms with E-state index in [1.54, 1.807) is 25.3 Å². The van der Waals surface area contributed by atoms with Gasteiger partial charge in [0.05, 0.1) is 0 Å². The lowest BCUT2D eigenvalue weighted by molar-refractivity contribution is -0.115. The first kappa shape index (κ1) is 16.8. The number of halogens is 1. The van der Waals surface area contributed by atoms with Gasteiger partial charge in [-0.1, -0.05) is 6.92 Å². The van der Waals surface area contributed by atoms with E-state index in [1.165, 1.54) is 12.1 Å². The highest BCUT2D eigenvalue weighted by atomic mass is 19.1. The van der Waals surface area contributed by atoms with Crippen LogP contribution in [0.15, 0.2) is 48.8 Å². The number of anilines is 1. The third-order valence-electron chi connectivity index (χ3n) is 3.86. The minimum absolute atomic E-state index is 0.0901. The number of carbonyl (C=O) groups is 1. The Labute approximate surface area is 145 Å². The van der Waals surface area contributed by atoms with Crippen LogP contribution in [0, 0.1) is 5.82 Å². The number of amides is 1. The minimum atomic E-state index is -0.284. The first-order valence-corrected chi connectivity index (χ1v) is 8.20. The molecule has 5 nitrogen and oxygen atoms in total. The van der Waals surface area contributed by atoms with Crippen molar-refractivity contribution in [2.45, 2.75) is 26.8 Å². The predicted octanol–water partition coefficient (Wildman–Crippen LogP) is 4.12. The molecule has 0 aliphatic carbocycles. The van der Waals surface area contributed by atoms with Crippen LogP contribution >= 0.6 is 0 Å². The smallest absolute Gasteiger partial charge is 0.225 e. The van der Waals surface area contributed by atoms with E-state index in [1.807, 2.05) is 29.9 Å². The van der Waals surface area contributed by atoms with E-state index in [2.05, 4.69) is 15.4 Å². The summed E-state index contributed by atoms with van der Waals surface area (Å²) < 4.78 is 15.1. The normalized spacial score (nSPS) is 10.7. The zero-order valence-electron chi connectivity index (χ0n) is 14.2. The van der Waals surface area contributed by atoms with Gasteiger partial charge in [-0.05, 0) is 48.9 Å². The van der Waals surface area contributed by atoms with E-state index >= 15 is 0 Å². The maximum Gasteiger partial charge on any atom is 0.225 e. The van der Waals surface area contributed by atoms with Gasteiger partial charge in [0.15, 0.2) is 0 Å². The number of nitrogens with zero attached hydrogens (tertiary/aromatic N) is 3. The third-order valence-corrected chi connectivity index (χ3v) is 3.86. The highest BCUT2D eigenvalue weighted by Crippen LogP contribution is 2.32. The summed E-state index contributed by atoms with van der Waals surface area (Å²) in [6.45, 7) is 4.51. The average Bonchev–Trinajstić information content (AvgIpc) is 3.07. The van der Waals surface area contributed by atoms with Crippen molar-refractivity contribution in [3.8, 4) is 22.4 Å². The van der Waals surface area contributed by atoms with E-state index in [4.69, 9.17) is 0 Å².